The quantitative estimate of drug-likeness (QED) is 0.284. The number of hydrogen-bond donors (Lipinski definition) is 2. The summed E-state index contributed by atoms with van der Waals surface area (Å²) >= 11 is 0. The largest absolute Gasteiger partial charge is 0.461 e. The molecule has 1 aromatic carbocycles. The molecule has 1 amide bonds. The second-order valence-electron chi connectivity index (χ2n) is 4.70. The SMILES string of the molecule is CCOC(=O)C(=NNc1ccc(S(=O)(=O)NC(C)=O)cc1)C(=O)OCC. The van der Waals surface area contributed by atoms with Crippen LogP contribution >= 0.6 is 0 Å². The first kappa shape index (κ1) is 21.1. The molecule has 142 valence electrons. The fraction of sp³-hybridized carbons (Fsp3) is 0.333. The first-order valence-electron chi connectivity index (χ1n) is 7.52. The number of esters is 2. The number of sulfonamides is 1. The molecule has 2 N–H and O–H groups in total. The van der Waals surface area contributed by atoms with Gasteiger partial charge in [-0.1, -0.05) is 0 Å². The highest BCUT2D eigenvalue weighted by molar-refractivity contribution is 7.90. The van der Waals surface area contributed by atoms with Gasteiger partial charge < -0.3 is 9.47 Å². The van der Waals surface area contributed by atoms with Crippen molar-refractivity contribution in [2.24, 2.45) is 5.10 Å². The summed E-state index contributed by atoms with van der Waals surface area (Å²) in [5.74, 6) is -2.63. The average molecular weight is 385 g/mol. The maximum absolute atomic E-state index is 11.8. The lowest BCUT2D eigenvalue weighted by atomic mass is 10.3. The Balaban J connectivity index is 2.98. The molecule has 11 heteroatoms. The Labute approximate surface area is 150 Å². The van der Waals surface area contributed by atoms with Crippen molar-refractivity contribution in [2.75, 3.05) is 18.6 Å². The van der Waals surface area contributed by atoms with Crippen LogP contribution in [0.5, 0.6) is 0 Å². The lowest BCUT2D eigenvalue weighted by molar-refractivity contribution is -0.140. The van der Waals surface area contributed by atoms with Gasteiger partial charge in [-0.2, -0.15) is 5.10 Å². The van der Waals surface area contributed by atoms with Gasteiger partial charge in [0.2, 0.25) is 5.91 Å². The van der Waals surface area contributed by atoms with E-state index in [2.05, 4.69) is 10.5 Å². The summed E-state index contributed by atoms with van der Waals surface area (Å²) in [5.41, 5.74) is 2.16. The van der Waals surface area contributed by atoms with Gasteiger partial charge in [0.1, 0.15) is 0 Å². The second-order valence-corrected chi connectivity index (χ2v) is 6.38. The molecule has 1 rings (SSSR count). The first-order chi connectivity index (χ1) is 12.2. The van der Waals surface area contributed by atoms with Crippen LogP contribution in [0.25, 0.3) is 0 Å². The van der Waals surface area contributed by atoms with Crippen LogP contribution in [0, 0.1) is 0 Å². The number of benzene rings is 1. The van der Waals surface area contributed by atoms with Gasteiger partial charge in [-0.15, -0.1) is 0 Å². The number of ether oxygens (including phenoxy) is 2. The molecular formula is C15H19N3O7S. The summed E-state index contributed by atoms with van der Waals surface area (Å²) in [6.45, 7) is 4.32. The highest BCUT2D eigenvalue weighted by Gasteiger charge is 2.23. The fourth-order valence-corrected chi connectivity index (χ4v) is 2.64. The van der Waals surface area contributed by atoms with Crippen LogP contribution in [0.2, 0.25) is 0 Å². The Morgan fingerprint density at radius 1 is 1.00 bits per heavy atom. The maximum Gasteiger partial charge on any atom is 0.366 e. The van der Waals surface area contributed by atoms with E-state index < -0.39 is 33.6 Å². The Morgan fingerprint density at radius 2 is 1.50 bits per heavy atom. The van der Waals surface area contributed by atoms with Gasteiger partial charge >= 0.3 is 11.9 Å². The van der Waals surface area contributed by atoms with Crippen LogP contribution in [0.1, 0.15) is 20.8 Å². The molecule has 0 unspecified atom stereocenters. The molecule has 0 bridgehead atoms. The predicted octanol–water partition coefficient (Wildman–Crippen LogP) is 0.405. The lowest BCUT2D eigenvalue weighted by Crippen LogP contribution is -2.29. The predicted molar refractivity (Wildman–Crippen MR) is 91.8 cm³/mol. The Morgan fingerprint density at radius 3 is 1.92 bits per heavy atom. The summed E-state index contributed by atoms with van der Waals surface area (Å²) in [7, 11) is -3.96. The zero-order valence-corrected chi connectivity index (χ0v) is 15.3. The lowest BCUT2D eigenvalue weighted by Gasteiger charge is -2.08. The van der Waals surface area contributed by atoms with E-state index in [1.807, 2.05) is 4.72 Å². The van der Waals surface area contributed by atoms with Crippen molar-refractivity contribution in [3.63, 3.8) is 0 Å². The zero-order valence-electron chi connectivity index (χ0n) is 14.4. The monoisotopic (exact) mass is 385 g/mol. The Bertz CT molecular complexity index is 781. The number of carbonyl (C=O) groups is 3. The molecule has 0 aliphatic heterocycles. The number of rotatable bonds is 8. The van der Waals surface area contributed by atoms with Crippen LogP contribution in [0.3, 0.4) is 0 Å². The number of carbonyl (C=O) groups excluding carboxylic acids is 3. The molecule has 0 saturated heterocycles. The average Bonchev–Trinajstić information content (AvgIpc) is 2.55. The standard InChI is InChI=1S/C15H19N3O7S/c1-4-24-14(20)13(15(21)25-5-2)17-16-11-6-8-12(9-7-11)26(22,23)18-10(3)19/h6-9,16H,4-5H2,1-3H3,(H,18,19). The van der Waals surface area contributed by atoms with E-state index in [0.29, 0.717) is 0 Å². The van der Waals surface area contributed by atoms with Crippen molar-refractivity contribution in [2.45, 2.75) is 25.7 Å². The molecule has 0 aromatic heterocycles. The molecule has 0 spiro atoms. The van der Waals surface area contributed by atoms with Crippen LogP contribution in [-0.2, 0) is 33.9 Å². The molecule has 0 saturated carbocycles. The highest BCUT2D eigenvalue weighted by Crippen LogP contribution is 2.14. The topological polar surface area (TPSA) is 140 Å². The van der Waals surface area contributed by atoms with E-state index in [1.54, 1.807) is 13.8 Å². The molecule has 0 aliphatic rings. The number of hydrogen-bond acceptors (Lipinski definition) is 9. The number of hydrazone groups is 1. The van der Waals surface area contributed by atoms with E-state index in [1.165, 1.54) is 24.3 Å². The third-order valence-corrected chi connectivity index (χ3v) is 4.13. The minimum absolute atomic E-state index is 0.0486. The zero-order chi connectivity index (χ0) is 19.7. The maximum atomic E-state index is 11.8. The Hall–Kier alpha value is -2.95. The van der Waals surface area contributed by atoms with Crippen LogP contribution < -0.4 is 10.1 Å². The van der Waals surface area contributed by atoms with Gasteiger partial charge in [0.05, 0.1) is 23.8 Å². The third kappa shape index (κ3) is 6.16. The van der Waals surface area contributed by atoms with Crippen molar-refractivity contribution in [1.82, 2.24) is 4.72 Å². The fourth-order valence-electron chi connectivity index (χ4n) is 1.65. The molecule has 0 fully saturated rings. The van der Waals surface area contributed by atoms with E-state index in [4.69, 9.17) is 9.47 Å². The highest BCUT2D eigenvalue weighted by atomic mass is 32.2. The van der Waals surface area contributed by atoms with Gasteiger partial charge in [0.25, 0.3) is 15.7 Å². The van der Waals surface area contributed by atoms with Crippen molar-refractivity contribution < 1.29 is 32.3 Å². The minimum Gasteiger partial charge on any atom is -0.461 e. The summed E-state index contributed by atoms with van der Waals surface area (Å²) in [5, 5.41) is 3.67. The van der Waals surface area contributed by atoms with Gasteiger partial charge in [-0.05, 0) is 38.1 Å². The normalized spacial score (nSPS) is 10.4. The summed E-state index contributed by atoms with van der Waals surface area (Å²) in [6.07, 6.45) is 0. The molecule has 1 aromatic rings. The third-order valence-electron chi connectivity index (χ3n) is 2.68. The summed E-state index contributed by atoms with van der Waals surface area (Å²) in [4.78, 5) is 34.3. The van der Waals surface area contributed by atoms with E-state index >= 15 is 0 Å². The van der Waals surface area contributed by atoms with E-state index in [9.17, 15) is 22.8 Å². The van der Waals surface area contributed by atoms with Gasteiger partial charge in [0.15, 0.2) is 0 Å². The second kappa shape index (κ2) is 9.51. The minimum atomic E-state index is -3.96. The van der Waals surface area contributed by atoms with Crippen LogP contribution in [-0.4, -0.2) is 45.2 Å². The summed E-state index contributed by atoms with van der Waals surface area (Å²) in [6, 6.07) is 5.12. The number of anilines is 1. The molecule has 0 atom stereocenters. The van der Waals surface area contributed by atoms with E-state index in [-0.39, 0.29) is 23.8 Å². The molecule has 26 heavy (non-hydrogen) atoms. The number of amides is 1. The molecule has 0 heterocycles. The molecule has 0 aliphatic carbocycles. The van der Waals surface area contributed by atoms with Crippen molar-refractivity contribution >= 4 is 39.3 Å². The van der Waals surface area contributed by atoms with Gasteiger partial charge in [-0.25, -0.2) is 22.7 Å². The van der Waals surface area contributed by atoms with Crippen LogP contribution in [0.15, 0.2) is 34.3 Å². The van der Waals surface area contributed by atoms with Gasteiger partial charge in [0, 0.05) is 6.92 Å². The summed E-state index contributed by atoms with van der Waals surface area (Å²) < 4.78 is 35.0. The number of nitrogens with one attached hydrogen (secondary N) is 2. The molecule has 0 radical (unpaired) electrons. The van der Waals surface area contributed by atoms with Crippen LogP contribution in [0.4, 0.5) is 5.69 Å². The van der Waals surface area contributed by atoms with E-state index in [0.717, 1.165) is 6.92 Å². The van der Waals surface area contributed by atoms with Crippen molar-refractivity contribution in [3.05, 3.63) is 24.3 Å². The molecule has 10 nitrogen and oxygen atoms in total. The Kier molecular flexibility index (Phi) is 7.72. The number of nitrogens with zero attached hydrogens (tertiary/aromatic N) is 1. The smallest absolute Gasteiger partial charge is 0.366 e. The van der Waals surface area contributed by atoms with Crippen molar-refractivity contribution in [1.29, 1.82) is 0 Å². The van der Waals surface area contributed by atoms with Gasteiger partial charge in [-0.3, -0.25) is 10.2 Å². The first-order valence-corrected chi connectivity index (χ1v) is 9.01. The molecular weight excluding hydrogens is 366 g/mol. The van der Waals surface area contributed by atoms with Crippen molar-refractivity contribution in [3.8, 4) is 0 Å².